The maximum Gasteiger partial charge on any atom is 0.251 e. The van der Waals surface area contributed by atoms with Gasteiger partial charge in [-0.15, -0.1) is 12.4 Å². The first-order valence-electron chi connectivity index (χ1n) is 6.03. The number of hydrogen-bond acceptors (Lipinski definition) is 3. The summed E-state index contributed by atoms with van der Waals surface area (Å²) < 4.78 is 13.1. The Morgan fingerprint density at radius 3 is 2.95 bits per heavy atom. The van der Waals surface area contributed by atoms with Gasteiger partial charge in [-0.05, 0) is 37.6 Å². The summed E-state index contributed by atoms with van der Waals surface area (Å²) in [6, 6.07) is 3.84. The molecule has 0 aromatic heterocycles. The molecule has 1 aromatic rings. The highest BCUT2D eigenvalue weighted by Gasteiger charge is 2.25. The van der Waals surface area contributed by atoms with E-state index in [1.807, 2.05) is 0 Å². The van der Waals surface area contributed by atoms with E-state index in [0.29, 0.717) is 18.5 Å². The van der Waals surface area contributed by atoms with Crippen LogP contribution in [0.15, 0.2) is 18.2 Å². The van der Waals surface area contributed by atoms with Gasteiger partial charge in [-0.3, -0.25) is 4.79 Å². The molecule has 1 amide bonds. The molecule has 3 N–H and O–H groups in total. The summed E-state index contributed by atoms with van der Waals surface area (Å²) in [6.07, 6.45) is 0.0675. The van der Waals surface area contributed by atoms with Crippen molar-refractivity contribution in [3.63, 3.8) is 0 Å². The highest BCUT2D eigenvalue weighted by molar-refractivity contribution is 5.95. The van der Waals surface area contributed by atoms with E-state index in [-0.39, 0.29) is 24.4 Å². The number of amides is 1. The molecular weight excluding hydrogens is 271 g/mol. The normalized spacial score (nSPS) is 22.5. The first-order valence-corrected chi connectivity index (χ1v) is 6.03. The van der Waals surface area contributed by atoms with Crippen molar-refractivity contribution in [2.24, 2.45) is 0 Å². The van der Waals surface area contributed by atoms with Gasteiger partial charge in [-0.1, -0.05) is 6.07 Å². The topological polar surface area (TPSA) is 61.4 Å². The van der Waals surface area contributed by atoms with E-state index in [4.69, 9.17) is 0 Å². The summed E-state index contributed by atoms with van der Waals surface area (Å²) in [4.78, 5) is 12.0. The minimum atomic E-state index is -0.600. The number of carbonyl (C=O) groups excluding carboxylic acids is 1. The van der Waals surface area contributed by atoms with E-state index in [0.717, 1.165) is 12.1 Å². The number of benzene rings is 1. The summed E-state index contributed by atoms with van der Waals surface area (Å²) in [6.45, 7) is 2.98. The number of rotatable bonds is 2. The fourth-order valence-electron chi connectivity index (χ4n) is 2.10. The molecule has 4 nitrogen and oxygen atoms in total. The Balaban J connectivity index is 0.00000180. The fraction of sp³-hybridized carbons (Fsp3) is 0.462. The largest absolute Gasteiger partial charge is 0.390 e. The van der Waals surface area contributed by atoms with Gasteiger partial charge < -0.3 is 15.7 Å². The number of piperidine rings is 1. The molecule has 1 aliphatic rings. The lowest BCUT2D eigenvalue weighted by atomic mass is 10.0. The smallest absolute Gasteiger partial charge is 0.251 e. The van der Waals surface area contributed by atoms with Gasteiger partial charge in [-0.25, -0.2) is 4.39 Å². The molecule has 106 valence electrons. The number of aliphatic hydroxyl groups excluding tert-OH is 1. The molecule has 1 aromatic carbocycles. The molecular formula is C13H18ClFN2O2. The molecule has 1 aliphatic heterocycles. The van der Waals surface area contributed by atoms with Gasteiger partial charge >= 0.3 is 0 Å². The molecule has 0 spiro atoms. The number of halogens is 2. The minimum absolute atomic E-state index is 0. The van der Waals surface area contributed by atoms with Crippen LogP contribution in [0.4, 0.5) is 4.39 Å². The molecule has 0 unspecified atom stereocenters. The molecule has 2 atom stereocenters. The highest BCUT2D eigenvalue weighted by Crippen LogP contribution is 2.12. The first-order chi connectivity index (χ1) is 8.58. The van der Waals surface area contributed by atoms with Crippen molar-refractivity contribution >= 4 is 18.3 Å². The summed E-state index contributed by atoms with van der Waals surface area (Å²) in [5, 5.41) is 15.5. The predicted octanol–water partition coefficient (Wildman–Crippen LogP) is 1.01. The van der Waals surface area contributed by atoms with Crippen molar-refractivity contribution in [2.45, 2.75) is 25.5 Å². The van der Waals surface area contributed by atoms with Crippen LogP contribution in [0.5, 0.6) is 0 Å². The van der Waals surface area contributed by atoms with Crippen LogP contribution in [-0.2, 0) is 0 Å². The Labute approximate surface area is 117 Å². The van der Waals surface area contributed by atoms with E-state index >= 15 is 0 Å². The number of aryl methyl sites for hydroxylation is 1. The lowest BCUT2D eigenvalue weighted by Crippen LogP contribution is -2.52. The van der Waals surface area contributed by atoms with E-state index in [1.165, 1.54) is 12.1 Å². The average Bonchev–Trinajstić information content (AvgIpc) is 2.35. The lowest BCUT2D eigenvalue weighted by molar-refractivity contribution is 0.0764. The second kappa shape index (κ2) is 6.84. The lowest BCUT2D eigenvalue weighted by Gasteiger charge is -2.29. The molecule has 1 saturated heterocycles. The Bertz CT molecular complexity index is 456. The van der Waals surface area contributed by atoms with Crippen molar-refractivity contribution in [1.82, 2.24) is 10.6 Å². The van der Waals surface area contributed by atoms with Crippen LogP contribution in [0.25, 0.3) is 0 Å². The van der Waals surface area contributed by atoms with Crippen molar-refractivity contribution in [3.05, 3.63) is 35.1 Å². The van der Waals surface area contributed by atoms with Gasteiger partial charge in [0.15, 0.2) is 0 Å². The van der Waals surface area contributed by atoms with Gasteiger partial charge in [0, 0.05) is 12.1 Å². The zero-order valence-electron chi connectivity index (χ0n) is 10.6. The highest BCUT2D eigenvalue weighted by atomic mass is 35.5. The van der Waals surface area contributed by atoms with Gasteiger partial charge in [-0.2, -0.15) is 0 Å². The molecule has 2 rings (SSSR count). The van der Waals surface area contributed by atoms with Crippen LogP contribution in [0, 0.1) is 12.7 Å². The van der Waals surface area contributed by atoms with E-state index < -0.39 is 11.9 Å². The molecule has 0 bridgehead atoms. The van der Waals surface area contributed by atoms with E-state index in [9.17, 15) is 14.3 Å². The molecule has 0 aliphatic carbocycles. The van der Waals surface area contributed by atoms with Crippen molar-refractivity contribution in [1.29, 1.82) is 0 Å². The van der Waals surface area contributed by atoms with Crippen molar-refractivity contribution in [3.8, 4) is 0 Å². The van der Waals surface area contributed by atoms with Crippen LogP contribution in [0.1, 0.15) is 22.3 Å². The van der Waals surface area contributed by atoms with Crippen LogP contribution in [0.2, 0.25) is 0 Å². The SMILES string of the molecule is Cc1ccc(F)cc1C(=O)N[C@@H]1CCNC[C@H]1O.Cl. The maximum absolute atomic E-state index is 13.1. The Kier molecular flexibility index (Phi) is 5.72. The Morgan fingerprint density at radius 1 is 1.53 bits per heavy atom. The van der Waals surface area contributed by atoms with Gasteiger partial charge in [0.1, 0.15) is 5.82 Å². The first kappa shape index (κ1) is 15.9. The van der Waals surface area contributed by atoms with E-state index in [1.54, 1.807) is 13.0 Å². The number of hydrogen-bond donors (Lipinski definition) is 3. The molecule has 0 radical (unpaired) electrons. The molecule has 1 heterocycles. The zero-order valence-corrected chi connectivity index (χ0v) is 11.5. The van der Waals surface area contributed by atoms with Crippen LogP contribution in [-0.4, -0.2) is 36.2 Å². The molecule has 19 heavy (non-hydrogen) atoms. The summed E-state index contributed by atoms with van der Waals surface area (Å²) in [7, 11) is 0. The summed E-state index contributed by atoms with van der Waals surface area (Å²) >= 11 is 0. The Hall–Kier alpha value is -1.17. The van der Waals surface area contributed by atoms with Crippen molar-refractivity contribution in [2.75, 3.05) is 13.1 Å². The number of β-amino-alcohol motifs (C(OH)–C–C–N with tert-alkyl or cyclic N) is 1. The summed E-state index contributed by atoms with van der Waals surface area (Å²) in [5.41, 5.74) is 1.04. The predicted molar refractivity (Wildman–Crippen MR) is 73.1 cm³/mol. The van der Waals surface area contributed by atoms with Gasteiger partial charge in [0.25, 0.3) is 5.91 Å². The quantitative estimate of drug-likeness (QED) is 0.761. The second-order valence-electron chi connectivity index (χ2n) is 4.60. The number of carbonyl (C=O) groups is 1. The fourth-order valence-corrected chi connectivity index (χ4v) is 2.10. The molecule has 6 heteroatoms. The van der Waals surface area contributed by atoms with Crippen LogP contribution >= 0.6 is 12.4 Å². The molecule has 0 saturated carbocycles. The van der Waals surface area contributed by atoms with Crippen LogP contribution < -0.4 is 10.6 Å². The number of nitrogens with one attached hydrogen (secondary N) is 2. The second-order valence-corrected chi connectivity index (χ2v) is 4.60. The standard InChI is InChI=1S/C13H17FN2O2.ClH/c1-8-2-3-9(14)6-10(8)13(18)16-11-4-5-15-7-12(11)17;/h2-3,6,11-12,15,17H,4-5,7H2,1H3,(H,16,18);1H/t11-,12-;/m1./s1. The maximum atomic E-state index is 13.1. The summed E-state index contributed by atoms with van der Waals surface area (Å²) in [5.74, 6) is -0.769. The number of aliphatic hydroxyl groups is 1. The van der Waals surface area contributed by atoms with Gasteiger partial charge in [0.2, 0.25) is 0 Å². The molecule has 1 fully saturated rings. The van der Waals surface area contributed by atoms with Crippen LogP contribution in [0.3, 0.4) is 0 Å². The van der Waals surface area contributed by atoms with Gasteiger partial charge in [0.05, 0.1) is 12.1 Å². The van der Waals surface area contributed by atoms with Crippen molar-refractivity contribution < 1.29 is 14.3 Å². The zero-order chi connectivity index (χ0) is 13.1. The van der Waals surface area contributed by atoms with E-state index in [2.05, 4.69) is 10.6 Å². The minimum Gasteiger partial charge on any atom is -0.390 e. The third kappa shape index (κ3) is 3.89. The third-order valence-electron chi connectivity index (χ3n) is 3.21. The Morgan fingerprint density at radius 2 is 2.26 bits per heavy atom. The monoisotopic (exact) mass is 288 g/mol. The third-order valence-corrected chi connectivity index (χ3v) is 3.21. The average molecular weight is 289 g/mol.